The molecular weight excluding hydrogens is 372 g/mol. The molecule has 1 amide bonds. The standard InChI is InChI=1S/C16H24N6O4S/c1-11(2)15-18-14(19-26-15)5-6-22(27(4,24)25)12-8-21(9-12)16(23)13-7-17-10-20(13)3/h7,10-12H,5-6,8-9H2,1-4H3. The third-order valence-electron chi connectivity index (χ3n) is 4.55. The first-order valence-electron chi connectivity index (χ1n) is 8.71. The van der Waals surface area contributed by atoms with Gasteiger partial charge in [-0.15, -0.1) is 0 Å². The molecule has 0 N–H and O–H groups in total. The van der Waals surface area contributed by atoms with Crippen LogP contribution in [0, 0.1) is 0 Å². The first kappa shape index (κ1) is 19.5. The maximum absolute atomic E-state index is 12.4. The Morgan fingerprint density at radius 1 is 1.41 bits per heavy atom. The molecular formula is C16H24N6O4S. The zero-order valence-corrected chi connectivity index (χ0v) is 16.7. The van der Waals surface area contributed by atoms with Gasteiger partial charge in [0.1, 0.15) is 5.69 Å². The molecule has 1 saturated heterocycles. The Balaban J connectivity index is 1.61. The van der Waals surface area contributed by atoms with Crippen LogP contribution in [0.2, 0.25) is 0 Å². The van der Waals surface area contributed by atoms with Gasteiger partial charge in [0.2, 0.25) is 15.9 Å². The van der Waals surface area contributed by atoms with E-state index in [-0.39, 0.29) is 24.4 Å². The maximum atomic E-state index is 12.4. The average molecular weight is 396 g/mol. The Kier molecular flexibility index (Phi) is 5.33. The molecule has 0 radical (unpaired) electrons. The number of amides is 1. The summed E-state index contributed by atoms with van der Waals surface area (Å²) in [7, 11) is -1.68. The maximum Gasteiger partial charge on any atom is 0.272 e. The Bertz CT molecular complexity index is 913. The van der Waals surface area contributed by atoms with Gasteiger partial charge >= 0.3 is 0 Å². The van der Waals surface area contributed by atoms with Gasteiger partial charge in [0, 0.05) is 39.0 Å². The first-order valence-corrected chi connectivity index (χ1v) is 10.6. The molecule has 2 aromatic heterocycles. The Morgan fingerprint density at radius 2 is 2.11 bits per heavy atom. The van der Waals surface area contributed by atoms with Gasteiger partial charge < -0.3 is 14.0 Å². The van der Waals surface area contributed by atoms with Crippen LogP contribution in [-0.2, 0) is 23.5 Å². The van der Waals surface area contributed by atoms with Gasteiger partial charge in [-0.2, -0.15) is 9.29 Å². The molecule has 0 unspecified atom stereocenters. The van der Waals surface area contributed by atoms with E-state index in [9.17, 15) is 13.2 Å². The zero-order chi connectivity index (χ0) is 19.8. The topological polar surface area (TPSA) is 114 Å². The number of imidazole rings is 1. The van der Waals surface area contributed by atoms with E-state index in [1.165, 1.54) is 16.8 Å². The number of aromatic nitrogens is 4. The van der Waals surface area contributed by atoms with Crippen LogP contribution < -0.4 is 0 Å². The molecule has 0 aromatic carbocycles. The lowest BCUT2D eigenvalue weighted by molar-refractivity contribution is 0.0445. The van der Waals surface area contributed by atoms with Gasteiger partial charge in [-0.25, -0.2) is 13.4 Å². The monoisotopic (exact) mass is 396 g/mol. The lowest BCUT2D eigenvalue weighted by Crippen LogP contribution is -2.62. The van der Waals surface area contributed by atoms with Gasteiger partial charge in [0.15, 0.2) is 5.82 Å². The van der Waals surface area contributed by atoms with Crippen LogP contribution in [0.5, 0.6) is 0 Å². The zero-order valence-electron chi connectivity index (χ0n) is 15.9. The number of aryl methyl sites for hydroxylation is 1. The highest BCUT2D eigenvalue weighted by atomic mass is 32.2. The van der Waals surface area contributed by atoms with Crippen molar-refractivity contribution in [2.75, 3.05) is 25.9 Å². The van der Waals surface area contributed by atoms with E-state index in [4.69, 9.17) is 4.52 Å². The van der Waals surface area contributed by atoms with E-state index in [1.807, 2.05) is 13.8 Å². The van der Waals surface area contributed by atoms with Crippen molar-refractivity contribution in [2.45, 2.75) is 32.2 Å². The highest BCUT2D eigenvalue weighted by molar-refractivity contribution is 7.88. The predicted octanol–water partition coefficient (Wildman–Crippen LogP) is 0.255. The summed E-state index contributed by atoms with van der Waals surface area (Å²) in [5.74, 6) is 0.983. The van der Waals surface area contributed by atoms with Crippen LogP contribution in [0.4, 0.5) is 0 Å². The molecule has 0 spiro atoms. The lowest BCUT2D eigenvalue weighted by Gasteiger charge is -2.44. The third-order valence-corrected chi connectivity index (χ3v) is 5.88. The molecule has 0 saturated carbocycles. The van der Waals surface area contributed by atoms with Crippen molar-refractivity contribution in [2.24, 2.45) is 7.05 Å². The van der Waals surface area contributed by atoms with Crippen LogP contribution in [0.1, 0.15) is 42.0 Å². The summed E-state index contributed by atoms with van der Waals surface area (Å²) in [6, 6.07) is -0.256. The smallest absolute Gasteiger partial charge is 0.272 e. The van der Waals surface area contributed by atoms with Gasteiger partial charge in [-0.1, -0.05) is 19.0 Å². The number of likely N-dealkylation sites (tertiary alicyclic amines) is 1. The molecule has 3 rings (SSSR count). The van der Waals surface area contributed by atoms with Gasteiger partial charge in [-0.3, -0.25) is 4.79 Å². The largest absolute Gasteiger partial charge is 0.339 e. The number of carbonyl (C=O) groups is 1. The molecule has 10 nitrogen and oxygen atoms in total. The van der Waals surface area contributed by atoms with Crippen molar-refractivity contribution < 1.29 is 17.7 Å². The van der Waals surface area contributed by atoms with E-state index >= 15 is 0 Å². The van der Waals surface area contributed by atoms with Crippen molar-refractivity contribution >= 4 is 15.9 Å². The van der Waals surface area contributed by atoms with Crippen molar-refractivity contribution in [3.05, 3.63) is 29.9 Å². The number of rotatable bonds is 7. The molecule has 0 bridgehead atoms. The predicted molar refractivity (Wildman–Crippen MR) is 96.5 cm³/mol. The molecule has 2 aromatic rings. The fourth-order valence-electron chi connectivity index (χ4n) is 2.96. The Labute approximate surface area is 158 Å². The van der Waals surface area contributed by atoms with Crippen LogP contribution in [0.15, 0.2) is 17.0 Å². The van der Waals surface area contributed by atoms with E-state index < -0.39 is 10.0 Å². The summed E-state index contributed by atoms with van der Waals surface area (Å²) in [4.78, 5) is 22.3. The highest BCUT2D eigenvalue weighted by Gasteiger charge is 2.39. The molecule has 1 fully saturated rings. The molecule has 3 heterocycles. The number of hydrogen-bond donors (Lipinski definition) is 0. The fraction of sp³-hybridized carbons (Fsp3) is 0.625. The van der Waals surface area contributed by atoms with E-state index in [1.54, 1.807) is 22.8 Å². The van der Waals surface area contributed by atoms with Gasteiger partial charge in [0.05, 0.1) is 24.8 Å². The number of nitrogens with zero attached hydrogens (tertiary/aromatic N) is 6. The molecule has 27 heavy (non-hydrogen) atoms. The number of carbonyl (C=O) groups excluding carboxylic acids is 1. The van der Waals surface area contributed by atoms with Gasteiger partial charge in [-0.05, 0) is 0 Å². The molecule has 1 aliphatic rings. The summed E-state index contributed by atoms with van der Waals surface area (Å²) in [5, 5.41) is 3.90. The van der Waals surface area contributed by atoms with Crippen LogP contribution in [0.3, 0.4) is 0 Å². The van der Waals surface area contributed by atoms with Gasteiger partial charge in [0.25, 0.3) is 5.91 Å². The van der Waals surface area contributed by atoms with Crippen molar-refractivity contribution in [3.8, 4) is 0 Å². The summed E-state index contributed by atoms with van der Waals surface area (Å²) < 4.78 is 32.6. The summed E-state index contributed by atoms with van der Waals surface area (Å²) in [6.45, 7) is 4.83. The van der Waals surface area contributed by atoms with Crippen molar-refractivity contribution in [1.82, 2.24) is 28.9 Å². The fourth-order valence-corrected chi connectivity index (χ4v) is 4.06. The van der Waals surface area contributed by atoms with E-state index in [2.05, 4.69) is 15.1 Å². The SMILES string of the molecule is CC(C)c1nc(CCN(C2CN(C(=O)c3cncn3C)C2)S(C)(=O)=O)no1. The minimum Gasteiger partial charge on any atom is -0.339 e. The molecule has 0 aliphatic carbocycles. The number of hydrogen-bond acceptors (Lipinski definition) is 7. The second-order valence-corrected chi connectivity index (χ2v) is 9.02. The summed E-state index contributed by atoms with van der Waals surface area (Å²) >= 11 is 0. The molecule has 0 atom stereocenters. The second kappa shape index (κ2) is 7.39. The van der Waals surface area contributed by atoms with Crippen LogP contribution in [0.25, 0.3) is 0 Å². The Hall–Kier alpha value is -2.27. The average Bonchev–Trinajstić information content (AvgIpc) is 3.16. The minimum atomic E-state index is -3.42. The van der Waals surface area contributed by atoms with Crippen molar-refractivity contribution in [3.63, 3.8) is 0 Å². The number of sulfonamides is 1. The summed E-state index contributed by atoms with van der Waals surface area (Å²) in [6.07, 6.45) is 4.60. The van der Waals surface area contributed by atoms with Crippen LogP contribution in [-0.4, -0.2) is 75.2 Å². The van der Waals surface area contributed by atoms with E-state index in [0.717, 1.165) is 0 Å². The first-order chi connectivity index (χ1) is 12.7. The quantitative estimate of drug-likeness (QED) is 0.659. The molecule has 148 valence electrons. The van der Waals surface area contributed by atoms with E-state index in [0.29, 0.717) is 36.9 Å². The lowest BCUT2D eigenvalue weighted by atomic mass is 10.1. The minimum absolute atomic E-state index is 0.121. The summed E-state index contributed by atoms with van der Waals surface area (Å²) in [5.41, 5.74) is 0.479. The molecule has 1 aliphatic heterocycles. The normalized spacial score (nSPS) is 15.6. The van der Waals surface area contributed by atoms with Crippen molar-refractivity contribution in [1.29, 1.82) is 0 Å². The highest BCUT2D eigenvalue weighted by Crippen LogP contribution is 2.21. The Morgan fingerprint density at radius 3 is 2.63 bits per heavy atom. The van der Waals surface area contributed by atoms with Crippen LogP contribution >= 0.6 is 0 Å². The molecule has 11 heteroatoms. The second-order valence-electron chi connectivity index (χ2n) is 7.08. The third kappa shape index (κ3) is 4.19.